The molecular formula is C12H16N2S. The fourth-order valence-corrected chi connectivity index (χ4v) is 2.36. The van der Waals surface area contributed by atoms with E-state index in [1.54, 1.807) is 0 Å². The lowest BCUT2D eigenvalue weighted by atomic mass is 10.1. The van der Waals surface area contributed by atoms with Crippen molar-refractivity contribution in [1.82, 2.24) is 5.32 Å². The first-order valence-electron chi connectivity index (χ1n) is 5.26. The normalized spacial score (nSPS) is 17.3. The van der Waals surface area contributed by atoms with Crippen molar-refractivity contribution >= 4 is 16.9 Å². The third-order valence-electron chi connectivity index (χ3n) is 2.50. The molecule has 0 fully saturated rings. The Balaban J connectivity index is 2.00. The van der Waals surface area contributed by atoms with Gasteiger partial charge in [0.2, 0.25) is 0 Å². The Bertz CT molecular complexity index is 356. The fourth-order valence-electron chi connectivity index (χ4n) is 1.55. The van der Waals surface area contributed by atoms with Gasteiger partial charge < -0.3 is 5.32 Å². The largest absolute Gasteiger partial charge is 0.358 e. The van der Waals surface area contributed by atoms with Crippen molar-refractivity contribution in [2.24, 2.45) is 4.99 Å². The highest BCUT2D eigenvalue weighted by molar-refractivity contribution is 8.14. The molecule has 0 bridgehead atoms. The van der Waals surface area contributed by atoms with Crippen LogP contribution in [-0.4, -0.2) is 17.5 Å². The van der Waals surface area contributed by atoms with Crippen molar-refractivity contribution in [2.45, 2.75) is 19.9 Å². The minimum Gasteiger partial charge on any atom is -0.358 e. The number of aryl methyl sites for hydroxylation is 1. The van der Waals surface area contributed by atoms with E-state index >= 15 is 0 Å². The summed E-state index contributed by atoms with van der Waals surface area (Å²) in [4.78, 5) is 4.39. The van der Waals surface area contributed by atoms with Gasteiger partial charge in [-0.05, 0) is 19.4 Å². The molecule has 0 aliphatic carbocycles. The average molecular weight is 220 g/mol. The zero-order valence-corrected chi connectivity index (χ0v) is 9.97. The van der Waals surface area contributed by atoms with Crippen molar-refractivity contribution in [3.63, 3.8) is 0 Å². The maximum absolute atomic E-state index is 4.39. The van der Waals surface area contributed by atoms with Crippen LogP contribution in [0.5, 0.6) is 0 Å². The van der Waals surface area contributed by atoms with Gasteiger partial charge in [-0.1, -0.05) is 41.6 Å². The number of hydrogen-bond donors (Lipinski definition) is 1. The number of thioether (sulfide) groups is 1. The molecule has 2 nitrogen and oxygen atoms in total. The molecule has 0 saturated carbocycles. The van der Waals surface area contributed by atoms with Crippen LogP contribution in [0.25, 0.3) is 0 Å². The highest BCUT2D eigenvalue weighted by Gasteiger charge is 2.11. The lowest BCUT2D eigenvalue weighted by molar-refractivity contribution is 0.723. The second-order valence-corrected chi connectivity index (χ2v) is 4.90. The molecule has 1 aromatic rings. The number of aliphatic imine (C=N–C) groups is 1. The Morgan fingerprint density at radius 2 is 2.07 bits per heavy atom. The van der Waals surface area contributed by atoms with Crippen LogP contribution in [0.3, 0.4) is 0 Å². The Labute approximate surface area is 95.2 Å². The molecule has 1 aliphatic rings. The number of nitrogens with one attached hydrogen (secondary N) is 1. The van der Waals surface area contributed by atoms with Crippen molar-refractivity contribution in [2.75, 3.05) is 12.3 Å². The molecule has 0 spiro atoms. The molecule has 1 aromatic carbocycles. The quantitative estimate of drug-likeness (QED) is 0.828. The molecule has 1 aliphatic heterocycles. The van der Waals surface area contributed by atoms with Gasteiger partial charge in [0.05, 0.1) is 12.6 Å². The fraction of sp³-hybridized carbons (Fsp3) is 0.417. The first kappa shape index (κ1) is 10.6. The Kier molecular flexibility index (Phi) is 3.31. The highest BCUT2D eigenvalue weighted by Crippen LogP contribution is 2.17. The van der Waals surface area contributed by atoms with Crippen LogP contribution in [0.15, 0.2) is 29.3 Å². The molecule has 0 radical (unpaired) electrons. The van der Waals surface area contributed by atoms with E-state index in [0.29, 0.717) is 6.04 Å². The SMILES string of the molecule is Cc1ccc(C(C)NC2=NCCS2)cc1. The molecule has 1 unspecified atom stereocenters. The second-order valence-electron chi connectivity index (χ2n) is 3.81. The predicted molar refractivity (Wildman–Crippen MR) is 67.5 cm³/mol. The number of amidine groups is 1. The van der Waals surface area contributed by atoms with Gasteiger partial charge in [0, 0.05) is 5.75 Å². The summed E-state index contributed by atoms with van der Waals surface area (Å²) in [6, 6.07) is 8.99. The van der Waals surface area contributed by atoms with Gasteiger partial charge in [-0.3, -0.25) is 4.99 Å². The van der Waals surface area contributed by atoms with Gasteiger partial charge in [-0.2, -0.15) is 0 Å². The van der Waals surface area contributed by atoms with Gasteiger partial charge in [0.25, 0.3) is 0 Å². The molecule has 3 heteroatoms. The summed E-state index contributed by atoms with van der Waals surface area (Å²) >= 11 is 1.81. The van der Waals surface area contributed by atoms with E-state index < -0.39 is 0 Å². The summed E-state index contributed by atoms with van der Waals surface area (Å²) in [6.07, 6.45) is 0. The first-order valence-corrected chi connectivity index (χ1v) is 6.24. The Hall–Kier alpha value is -0.960. The standard InChI is InChI=1S/C12H16N2S/c1-9-3-5-11(6-4-9)10(2)14-12-13-7-8-15-12/h3-6,10H,7-8H2,1-2H3,(H,13,14). The lowest BCUT2D eigenvalue weighted by Crippen LogP contribution is -2.22. The van der Waals surface area contributed by atoms with Crippen LogP contribution in [-0.2, 0) is 0 Å². The monoisotopic (exact) mass is 220 g/mol. The van der Waals surface area contributed by atoms with Gasteiger partial charge in [-0.25, -0.2) is 0 Å². The average Bonchev–Trinajstić information content (AvgIpc) is 2.71. The number of nitrogens with zero attached hydrogens (tertiary/aromatic N) is 1. The maximum Gasteiger partial charge on any atom is 0.157 e. The third-order valence-corrected chi connectivity index (χ3v) is 3.41. The van der Waals surface area contributed by atoms with Crippen molar-refractivity contribution in [1.29, 1.82) is 0 Å². The number of benzene rings is 1. The van der Waals surface area contributed by atoms with Crippen LogP contribution in [0.2, 0.25) is 0 Å². The molecular weight excluding hydrogens is 204 g/mol. The molecule has 0 aromatic heterocycles. The van der Waals surface area contributed by atoms with Crippen molar-refractivity contribution in [3.05, 3.63) is 35.4 Å². The van der Waals surface area contributed by atoms with Gasteiger partial charge in [0.15, 0.2) is 5.17 Å². The molecule has 1 N–H and O–H groups in total. The molecule has 0 amide bonds. The first-order chi connectivity index (χ1) is 7.25. The van der Waals surface area contributed by atoms with E-state index in [1.165, 1.54) is 11.1 Å². The van der Waals surface area contributed by atoms with Gasteiger partial charge in [-0.15, -0.1) is 0 Å². The molecule has 15 heavy (non-hydrogen) atoms. The number of hydrogen-bond acceptors (Lipinski definition) is 3. The van der Waals surface area contributed by atoms with E-state index in [2.05, 4.69) is 48.4 Å². The zero-order valence-electron chi connectivity index (χ0n) is 9.16. The van der Waals surface area contributed by atoms with E-state index in [4.69, 9.17) is 0 Å². The summed E-state index contributed by atoms with van der Waals surface area (Å²) in [5.74, 6) is 1.11. The summed E-state index contributed by atoms with van der Waals surface area (Å²) < 4.78 is 0. The van der Waals surface area contributed by atoms with Gasteiger partial charge >= 0.3 is 0 Å². The Morgan fingerprint density at radius 3 is 2.67 bits per heavy atom. The molecule has 1 atom stereocenters. The van der Waals surface area contributed by atoms with E-state index in [0.717, 1.165) is 17.5 Å². The topological polar surface area (TPSA) is 24.4 Å². The summed E-state index contributed by atoms with van der Waals surface area (Å²) in [7, 11) is 0. The minimum absolute atomic E-state index is 0.343. The molecule has 2 rings (SSSR count). The van der Waals surface area contributed by atoms with Crippen LogP contribution < -0.4 is 5.32 Å². The van der Waals surface area contributed by atoms with Crippen molar-refractivity contribution in [3.8, 4) is 0 Å². The predicted octanol–water partition coefficient (Wildman–Crippen LogP) is 2.75. The third kappa shape index (κ3) is 2.75. The smallest absolute Gasteiger partial charge is 0.157 e. The molecule has 80 valence electrons. The van der Waals surface area contributed by atoms with E-state index in [1.807, 2.05) is 11.8 Å². The summed E-state index contributed by atoms with van der Waals surface area (Å²) in [6.45, 7) is 5.23. The zero-order chi connectivity index (χ0) is 10.7. The van der Waals surface area contributed by atoms with Gasteiger partial charge in [0.1, 0.15) is 0 Å². The number of rotatable bonds is 2. The second kappa shape index (κ2) is 4.71. The summed E-state index contributed by atoms with van der Waals surface area (Å²) in [5.41, 5.74) is 2.62. The van der Waals surface area contributed by atoms with E-state index in [9.17, 15) is 0 Å². The van der Waals surface area contributed by atoms with E-state index in [-0.39, 0.29) is 0 Å². The molecule has 0 saturated heterocycles. The molecule has 1 heterocycles. The van der Waals surface area contributed by atoms with Crippen LogP contribution in [0.4, 0.5) is 0 Å². The lowest BCUT2D eigenvalue weighted by Gasteiger charge is -2.14. The Morgan fingerprint density at radius 1 is 1.33 bits per heavy atom. The van der Waals surface area contributed by atoms with Crippen LogP contribution >= 0.6 is 11.8 Å². The van der Waals surface area contributed by atoms with Crippen LogP contribution in [0.1, 0.15) is 24.1 Å². The van der Waals surface area contributed by atoms with Crippen LogP contribution in [0, 0.1) is 6.92 Å². The maximum atomic E-state index is 4.39. The minimum atomic E-state index is 0.343. The summed E-state index contributed by atoms with van der Waals surface area (Å²) in [5, 5.41) is 4.51. The van der Waals surface area contributed by atoms with Crippen molar-refractivity contribution < 1.29 is 0 Å². The highest BCUT2D eigenvalue weighted by atomic mass is 32.2.